The molecule has 1 N–H and O–H groups in total. The molecule has 0 aliphatic rings. The summed E-state index contributed by atoms with van der Waals surface area (Å²) >= 11 is 4.72. The number of anilines is 1. The number of hydrogen-bond acceptors (Lipinski definition) is 5. The summed E-state index contributed by atoms with van der Waals surface area (Å²) in [6.45, 7) is 1.83. The number of nitrogens with one attached hydrogen (secondary N) is 1. The van der Waals surface area contributed by atoms with Crippen LogP contribution in [0.3, 0.4) is 0 Å². The summed E-state index contributed by atoms with van der Waals surface area (Å²) in [4.78, 5) is 12.4. The van der Waals surface area contributed by atoms with E-state index in [2.05, 4.69) is 31.4 Å². The third-order valence-electron chi connectivity index (χ3n) is 2.90. The SMILES string of the molecule is Cc1nnc(NC(=O)c2ccccc2Oc2cccc(Br)c2)s1. The lowest BCUT2D eigenvalue weighted by molar-refractivity contribution is 0.102. The normalized spacial score (nSPS) is 10.3. The van der Waals surface area contributed by atoms with Gasteiger partial charge >= 0.3 is 0 Å². The van der Waals surface area contributed by atoms with E-state index < -0.39 is 0 Å². The van der Waals surface area contributed by atoms with Crippen LogP contribution in [0.5, 0.6) is 11.5 Å². The molecule has 0 aliphatic carbocycles. The van der Waals surface area contributed by atoms with Gasteiger partial charge in [0, 0.05) is 4.47 Å². The number of amides is 1. The number of rotatable bonds is 4. The summed E-state index contributed by atoms with van der Waals surface area (Å²) in [5.41, 5.74) is 0.431. The molecule has 0 radical (unpaired) electrons. The van der Waals surface area contributed by atoms with Crippen molar-refractivity contribution in [2.75, 3.05) is 5.32 Å². The van der Waals surface area contributed by atoms with Crippen molar-refractivity contribution >= 4 is 38.3 Å². The summed E-state index contributed by atoms with van der Waals surface area (Å²) in [6.07, 6.45) is 0. The molecular formula is C16H12BrN3O2S. The van der Waals surface area contributed by atoms with Gasteiger partial charge in [0.1, 0.15) is 16.5 Å². The van der Waals surface area contributed by atoms with Gasteiger partial charge in [0.2, 0.25) is 5.13 Å². The Kier molecular flexibility index (Phi) is 4.68. The van der Waals surface area contributed by atoms with Crippen molar-refractivity contribution in [1.29, 1.82) is 0 Å². The Balaban J connectivity index is 1.84. The van der Waals surface area contributed by atoms with E-state index in [1.54, 1.807) is 18.2 Å². The smallest absolute Gasteiger partial charge is 0.261 e. The predicted octanol–water partition coefficient (Wildman–Crippen LogP) is 4.65. The Hall–Kier alpha value is -2.25. The van der Waals surface area contributed by atoms with Crippen LogP contribution in [-0.2, 0) is 0 Å². The van der Waals surface area contributed by atoms with Gasteiger partial charge in [0.15, 0.2) is 0 Å². The van der Waals surface area contributed by atoms with Crippen molar-refractivity contribution in [3.8, 4) is 11.5 Å². The quantitative estimate of drug-likeness (QED) is 0.704. The Morgan fingerprint density at radius 3 is 2.74 bits per heavy atom. The standard InChI is InChI=1S/C16H12BrN3O2S/c1-10-19-20-16(23-10)18-15(21)13-7-2-3-8-14(13)22-12-6-4-5-11(17)9-12/h2-9H,1H3,(H,18,20,21). The van der Waals surface area contributed by atoms with Crippen LogP contribution in [0.25, 0.3) is 0 Å². The predicted molar refractivity (Wildman–Crippen MR) is 93.3 cm³/mol. The van der Waals surface area contributed by atoms with Gasteiger partial charge in [0.25, 0.3) is 5.91 Å². The van der Waals surface area contributed by atoms with Gasteiger partial charge in [-0.3, -0.25) is 10.1 Å². The first-order chi connectivity index (χ1) is 11.1. The van der Waals surface area contributed by atoms with Crippen molar-refractivity contribution in [3.05, 3.63) is 63.6 Å². The number of carbonyl (C=O) groups is 1. The molecule has 0 aliphatic heterocycles. The molecule has 7 heteroatoms. The number of benzene rings is 2. The molecule has 0 saturated carbocycles. The first-order valence-corrected chi connectivity index (χ1v) is 8.37. The van der Waals surface area contributed by atoms with E-state index in [4.69, 9.17) is 4.74 Å². The number of nitrogens with zero attached hydrogens (tertiary/aromatic N) is 2. The highest BCUT2D eigenvalue weighted by Crippen LogP contribution is 2.28. The summed E-state index contributed by atoms with van der Waals surface area (Å²) in [5.74, 6) is 0.836. The topological polar surface area (TPSA) is 64.1 Å². The molecular weight excluding hydrogens is 378 g/mol. The van der Waals surface area contributed by atoms with E-state index in [1.165, 1.54) is 11.3 Å². The molecule has 1 heterocycles. The maximum atomic E-state index is 12.4. The second-order valence-corrected chi connectivity index (χ2v) is 6.73. The molecule has 116 valence electrons. The fourth-order valence-electron chi connectivity index (χ4n) is 1.91. The van der Waals surface area contributed by atoms with Crippen molar-refractivity contribution in [1.82, 2.24) is 10.2 Å². The lowest BCUT2D eigenvalue weighted by Gasteiger charge is -2.10. The second kappa shape index (κ2) is 6.89. The summed E-state index contributed by atoms with van der Waals surface area (Å²) in [5, 5.41) is 11.8. The molecule has 1 amide bonds. The van der Waals surface area contributed by atoms with Gasteiger partial charge in [-0.2, -0.15) is 0 Å². The number of carbonyl (C=O) groups excluding carboxylic acids is 1. The Morgan fingerprint density at radius 2 is 2.00 bits per heavy atom. The minimum absolute atomic E-state index is 0.285. The van der Waals surface area contributed by atoms with Crippen LogP contribution in [0.2, 0.25) is 0 Å². The third kappa shape index (κ3) is 3.94. The average molecular weight is 390 g/mol. The first-order valence-electron chi connectivity index (χ1n) is 6.76. The maximum Gasteiger partial charge on any atom is 0.261 e. The maximum absolute atomic E-state index is 12.4. The monoisotopic (exact) mass is 389 g/mol. The number of para-hydroxylation sites is 1. The van der Waals surface area contributed by atoms with Crippen molar-refractivity contribution in [2.24, 2.45) is 0 Å². The molecule has 23 heavy (non-hydrogen) atoms. The van der Waals surface area contributed by atoms with E-state index in [0.29, 0.717) is 22.2 Å². The van der Waals surface area contributed by atoms with Crippen LogP contribution in [0.4, 0.5) is 5.13 Å². The zero-order valence-electron chi connectivity index (χ0n) is 12.1. The van der Waals surface area contributed by atoms with Crippen LogP contribution in [0.15, 0.2) is 53.0 Å². The van der Waals surface area contributed by atoms with Crippen LogP contribution in [0, 0.1) is 6.92 Å². The molecule has 3 rings (SSSR count). The van der Waals surface area contributed by atoms with Crippen LogP contribution >= 0.6 is 27.3 Å². The number of aryl methyl sites for hydroxylation is 1. The lowest BCUT2D eigenvalue weighted by atomic mass is 10.2. The van der Waals surface area contributed by atoms with E-state index in [0.717, 1.165) is 9.48 Å². The van der Waals surface area contributed by atoms with E-state index in [1.807, 2.05) is 37.3 Å². The first kappa shape index (κ1) is 15.6. The Bertz CT molecular complexity index is 851. The van der Waals surface area contributed by atoms with Gasteiger partial charge < -0.3 is 4.74 Å². The second-order valence-electron chi connectivity index (χ2n) is 4.64. The largest absolute Gasteiger partial charge is 0.456 e. The fourth-order valence-corrected chi connectivity index (χ4v) is 2.88. The van der Waals surface area contributed by atoms with Gasteiger partial charge in [-0.15, -0.1) is 10.2 Å². The summed E-state index contributed by atoms with van der Waals surface area (Å²) in [7, 11) is 0. The lowest BCUT2D eigenvalue weighted by Crippen LogP contribution is -2.12. The summed E-state index contributed by atoms with van der Waals surface area (Å²) in [6, 6.07) is 14.5. The van der Waals surface area contributed by atoms with E-state index in [9.17, 15) is 4.79 Å². The van der Waals surface area contributed by atoms with Gasteiger partial charge in [-0.05, 0) is 37.3 Å². The summed E-state index contributed by atoms with van der Waals surface area (Å²) < 4.78 is 6.73. The molecule has 0 atom stereocenters. The third-order valence-corrected chi connectivity index (χ3v) is 4.15. The van der Waals surface area contributed by atoms with Gasteiger partial charge in [0.05, 0.1) is 5.56 Å². The number of aromatic nitrogens is 2. The zero-order valence-corrected chi connectivity index (χ0v) is 14.5. The molecule has 2 aromatic carbocycles. The van der Waals surface area contributed by atoms with Crippen molar-refractivity contribution in [2.45, 2.75) is 6.92 Å². The highest BCUT2D eigenvalue weighted by molar-refractivity contribution is 9.10. The van der Waals surface area contributed by atoms with E-state index in [-0.39, 0.29) is 5.91 Å². The number of hydrogen-bond donors (Lipinski definition) is 1. The van der Waals surface area contributed by atoms with Gasteiger partial charge in [-0.1, -0.05) is 45.5 Å². The molecule has 3 aromatic rings. The molecule has 0 fully saturated rings. The molecule has 0 bridgehead atoms. The zero-order chi connectivity index (χ0) is 16.2. The van der Waals surface area contributed by atoms with Crippen LogP contribution in [0.1, 0.15) is 15.4 Å². The molecule has 0 unspecified atom stereocenters. The molecule has 0 spiro atoms. The van der Waals surface area contributed by atoms with Crippen molar-refractivity contribution in [3.63, 3.8) is 0 Å². The molecule has 1 aromatic heterocycles. The van der Waals surface area contributed by atoms with Gasteiger partial charge in [-0.25, -0.2) is 0 Å². The number of halogens is 1. The average Bonchev–Trinajstić information content (AvgIpc) is 2.93. The van der Waals surface area contributed by atoms with Crippen LogP contribution < -0.4 is 10.1 Å². The molecule has 0 saturated heterocycles. The fraction of sp³-hybridized carbons (Fsp3) is 0.0625. The molecule has 5 nitrogen and oxygen atoms in total. The van der Waals surface area contributed by atoms with Crippen LogP contribution in [-0.4, -0.2) is 16.1 Å². The minimum Gasteiger partial charge on any atom is -0.456 e. The van der Waals surface area contributed by atoms with E-state index >= 15 is 0 Å². The minimum atomic E-state index is -0.285. The van der Waals surface area contributed by atoms with Crippen molar-refractivity contribution < 1.29 is 9.53 Å². The number of ether oxygens (including phenoxy) is 1. The Labute approximate surface area is 145 Å². The Morgan fingerprint density at radius 1 is 1.17 bits per heavy atom. The highest BCUT2D eigenvalue weighted by Gasteiger charge is 2.14. The highest BCUT2D eigenvalue weighted by atomic mass is 79.9.